The lowest BCUT2D eigenvalue weighted by Crippen LogP contribution is -2.43. The maximum Gasteiger partial charge on any atom is 0.261 e. The van der Waals surface area contributed by atoms with Crippen LogP contribution in [0.1, 0.15) is 33.7 Å². The van der Waals surface area contributed by atoms with E-state index >= 15 is 4.39 Å². The average Bonchev–Trinajstić information content (AvgIpc) is 3.41. The van der Waals surface area contributed by atoms with Crippen molar-refractivity contribution in [3.63, 3.8) is 0 Å². The average molecular weight is 552 g/mol. The van der Waals surface area contributed by atoms with Gasteiger partial charge < -0.3 is 14.4 Å². The fourth-order valence-electron chi connectivity index (χ4n) is 4.94. The van der Waals surface area contributed by atoms with E-state index in [0.717, 1.165) is 21.8 Å². The molecule has 1 aliphatic rings. The summed E-state index contributed by atoms with van der Waals surface area (Å²) in [7, 11) is 1.60. The SMILES string of the molecule is COc1ccc2c(OCC(=O)N3CCc4nc5sc(C)nn5c4C3c3ccc(Cl)cc3F)cc(C)nc2c1. The van der Waals surface area contributed by atoms with Gasteiger partial charge in [-0.3, -0.25) is 9.78 Å². The molecular weight excluding hydrogens is 529 g/mol. The van der Waals surface area contributed by atoms with E-state index in [-0.39, 0.29) is 17.5 Å². The van der Waals surface area contributed by atoms with E-state index in [4.69, 9.17) is 26.1 Å². The van der Waals surface area contributed by atoms with Crippen molar-refractivity contribution in [1.29, 1.82) is 0 Å². The van der Waals surface area contributed by atoms with Crippen LogP contribution in [-0.2, 0) is 11.2 Å². The minimum Gasteiger partial charge on any atom is -0.497 e. The molecule has 1 aliphatic heterocycles. The maximum atomic E-state index is 15.3. The Morgan fingerprint density at radius 1 is 1.18 bits per heavy atom. The molecule has 11 heteroatoms. The summed E-state index contributed by atoms with van der Waals surface area (Å²) >= 11 is 7.50. The number of fused-ring (bicyclic) bond motifs is 4. The molecule has 0 aliphatic carbocycles. The second-order valence-electron chi connectivity index (χ2n) is 9.10. The van der Waals surface area contributed by atoms with Crippen molar-refractivity contribution >= 4 is 44.7 Å². The summed E-state index contributed by atoms with van der Waals surface area (Å²) < 4.78 is 28.4. The lowest BCUT2D eigenvalue weighted by Gasteiger charge is -2.35. The summed E-state index contributed by atoms with van der Waals surface area (Å²) in [4.78, 5) is 25.3. The molecule has 0 bridgehead atoms. The van der Waals surface area contributed by atoms with Gasteiger partial charge >= 0.3 is 0 Å². The molecule has 0 saturated heterocycles. The van der Waals surface area contributed by atoms with Crippen LogP contribution in [0.4, 0.5) is 4.39 Å². The zero-order valence-corrected chi connectivity index (χ0v) is 22.4. The maximum absolute atomic E-state index is 15.3. The summed E-state index contributed by atoms with van der Waals surface area (Å²) in [5, 5.41) is 6.47. The first-order valence-electron chi connectivity index (χ1n) is 12.0. The van der Waals surface area contributed by atoms with Gasteiger partial charge in [0.25, 0.3) is 5.91 Å². The minimum absolute atomic E-state index is 0.232. The van der Waals surface area contributed by atoms with Gasteiger partial charge in [0.05, 0.1) is 24.0 Å². The van der Waals surface area contributed by atoms with Gasteiger partial charge in [-0.25, -0.2) is 13.9 Å². The first-order valence-corrected chi connectivity index (χ1v) is 13.2. The lowest BCUT2D eigenvalue weighted by molar-refractivity contribution is -0.135. The van der Waals surface area contributed by atoms with Crippen molar-refractivity contribution in [2.75, 3.05) is 20.3 Å². The third-order valence-corrected chi connectivity index (χ3v) is 7.67. The molecule has 38 heavy (non-hydrogen) atoms. The van der Waals surface area contributed by atoms with Gasteiger partial charge in [0.15, 0.2) is 6.61 Å². The van der Waals surface area contributed by atoms with Gasteiger partial charge in [0.2, 0.25) is 4.96 Å². The number of carbonyl (C=O) groups is 1. The number of ether oxygens (including phenoxy) is 2. The number of halogens is 2. The third kappa shape index (κ3) is 4.23. The van der Waals surface area contributed by atoms with E-state index in [2.05, 4.69) is 10.1 Å². The summed E-state index contributed by atoms with van der Waals surface area (Å²) in [6.07, 6.45) is 0.527. The minimum atomic E-state index is -0.733. The van der Waals surface area contributed by atoms with Gasteiger partial charge in [0, 0.05) is 46.8 Å². The summed E-state index contributed by atoms with van der Waals surface area (Å²) in [5.41, 5.74) is 3.27. The molecule has 2 aromatic carbocycles. The molecule has 3 aromatic heterocycles. The molecule has 6 rings (SSSR count). The molecule has 0 fully saturated rings. The van der Waals surface area contributed by atoms with Crippen molar-refractivity contribution in [1.82, 2.24) is 24.5 Å². The zero-order valence-electron chi connectivity index (χ0n) is 20.9. The molecule has 0 radical (unpaired) electrons. The number of nitrogens with zero attached hydrogens (tertiary/aromatic N) is 5. The van der Waals surface area contributed by atoms with Crippen LogP contribution >= 0.6 is 22.9 Å². The Morgan fingerprint density at radius 2 is 2.03 bits per heavy atom. The van der Waals surface area contributed by atoms with Crippen LogP contribution < -0.4 is 9.47 Å². The second-order valence-corrected chi connectivity index (χ2v) is 10.7. The molecule has 8 nitrogen and oxygen atoms in total. The van der Waals surface area contributed by atoms with E-state index in [0.29, 0.717) is 46.2 Å². The lowest BCUT2D eigenvalue weighted by atomic mass is 9.95. The Balaban J connectivity index is 1.37. The van der Waals surface area contributed by atoms with Crippen LogP contribution in [0.25, 0.3) is 15.9 Å². The Bertz CT molecular complexity index is 1720. The summed E-state index contributed by atoms with van der Waals surface area (Å²) in [6.45, 7) is 3.88. The molecule has 0 N–H and O–H groups in total. The van der Waals surface area contributed by atoms with Crippen LogP contribution in [0.15, 0.2) is 42.5 Å². The number of methoxy groups -OCH3 is 1. The van der Waals surface area contributed by atoms with E-state index in [1.54, 1.807) is 34.7 Å². The second kappa shape index (κ2) is 9.52. The van der Waals surface area contributed by atoms with Crippen LogP contribution in [-0.4, -0.2) is 50.7 Å². The fraction of sp³-hybridized carbons (Fsp3) is 0.259. The van der Waals surface area contributed by atoms with Crippen LogP contribution in [0.5, 0.6) is 11.5 Å². The molecule has 1 amide bonds. The smallest absolute Gasteiger partial charge is 0.261 e. The number of aryl methyl sites for hydroxylation is 2. The van der Waals surface area contributed by atoms with Crippen LogP contribution in [0.2, 0.25) is 5.02 Å². The Morgan fingerprint density at radius 3 is 2.82 bits per heavy atom. The highest BCUT2D eigenvalue weighted by Crippen LogP contribution is 2.38. The quantitative estimate of drug-likeness (QED) is 0.294. The highest BCUT2D eigenvalue weighted by atomic mass is 35.5. The van der Waals surface area contributed by atoms with Crippen LogP contribution in [0, 0.1) is 19.7 Å². The number of imidazole rings is 1. The van der Waals surface area contributed by atoms with Crippen LogP contribution in [0.3, 0.4) is 0 Å². The molecule has 1 atom stereocenters. The molecule has 194 valence electrons. The molecule has 1 unspecified atom stereocenters. The van der Waals surface area contributed by atoms with Crippen molar-refractivity contribution in [3.05, 3.63) is 81.0 Å². The summed E-state index contributed by atoms with van der Waals surface area (Å²) in [5.74, 6) is 0.435. The number of aromatic nitrogens is 4. The van der Waals surface area contributed by atoms with Crippen molar-refractivity contribution in [2.24, 2.45) is 0 Å². The Kier molecular flexibility index (Phi) is 6.16. The predicted octanol–water partition coefficient (Wildman–Crippen LogP) is 5.31. The molecule has 0 spiro atoms. The topological polar surface area (TPSA) is 81.9 Å². The number of pyridine rings is 1. The van der Waals surface area contributed by atoms with Gasteiger partial charge in [0.1, 0.15) is 28.4 Å². The predicted molar refractivity (Wildman–Crippen MR) is 143 cm³/mol. The van der Waals surface area contributed by atoms with E-state index in [1.165, 1.54) is 17.4 Å². The largest absolute Gasteiger partial charge is 0.497 e. The zero-order chi connectivity index (χ0) is 26.6. The normalized spacial score (nSPS) is 15.2. The van der Waals surface area contributed by atoms with E-state index < -0.39 is 11.9 Å². The highest BCUT2D eigenvalue weighted by Gasteiger charge is 2.38. The van der Waals surface area contributed by atoms with E-state index in [9.17, 15) is 4.79 Å². The van der Waals surface area contributed by atoms with Gasteiger partial charge in [-0.15, -0.1) is 0 Å². The number of rotatable bonds is 5. The van der Waals surface area contributed by atoms with Crippen molar-refractivity contribution in [3.8, 4) is 11.5 Å². The first kappa shape index (κ1) is 24.6. The van der Waals surface area contributed by atoms with Gasteiger partial charge in [-0.2, -0.15) is 5.10 Å². The number of benzene rings is 2. The first-order chi connectivity index (χ1) is 18.3. The molecule has 5 aromatic rings. The van der Waals surface area contributed by atoms with Crippen molar-refractivity contribution in [2.45, 2.75) is 26.3 Å². The standard InChI is InChI=1S/C27H23ClFN5O3S/c1-14-10-23(19-7-5-17(36-3)12-22(19)30-14)37-13-24(35)33-9-8-21-26(34-27(31-21)38-15(2)32-34)25(33)18-6-4-16(28)11-20(18)29/h4-7,10-12,25H,8-9,13H2,1-3H3. The number of amides is 1. The fourth-order valence-corrected chi connectivity index (χ4v) is 5.87. The number of hydrogen-bond donors (Lipinski definition) is 0. The Labute approximate surface area is 226 Å². The monoisotopic (exact) mass is 551 g/mol. The molecule has 4 heterocycles. The van der Waals surface area contributed by atoms with Crippen molar-refractivity contribution < 1.29 is 18.7 Å². The number of hydrogen-bond acceptors (Lipinski definition) is 7. The molecule has 0 saturated carbocycles. The van der Waals surface area contributed by atoms with Gasteiger partial charge in [-0.1, -0.05) is 29.0 Å². The van der Waals surface area contributed by atoms with E-state index in [1.807, 2.05) is 32.0 Å². The summed E-state index contributed by atoms with van der Waals surface area (Å²) in [6, 6.07) is 11.1. The number of carbonyl (C=O) groups excluding carboxylic acids is 1. The van der Waals surface area contributed by atoms with Gasteiger partial charge in [-0.05, 0) is 38.1 Å². The highest BCUT2D eigenvalue weighted by molar-refractivity contribution is 7.16. The Hall–Kier alpha value is -3.76. The molecular formula is C27H23ClFN5O3S. The third-order valence-electron chi connectivity index (χ3n) is 6.61.